The summed E-state index contributed by atoms with van der Waals surface area (Å²) < 4.78 is 27.6. The fraction of sp³-hybridized carbons (Fsp3) is 0.120. The zero-order valence-electron chi connectivity index (χ0n) is 18.3. The Morgan fingerprint density at radius 1 is 1.06 bits per heavy atom. The standard InChI is InChI=1S/C25H19F2N5O3/c26-9-10-32(25(34)35)24-28-20-8-6-15(13-22(20)29-24)18-11-14(5-7-19(18)27)12-21-16-3-1-2-4-17(16)23(33)31-30-21/h1-8,11,13H,9-10,12H2,(H,28,29)(H,31,33)(H,34,35). The van der Waals surface area contributed by atoms with Crippen molar-refractivity contribution in [3.8, 4) is 11.1 Å². The molecule has 1 amide bonds. The highest BCUT2D eigenvalue weighted by Gasteiger charge is 2.18. The molecule has 0 aliphatic rings. The molecule has 0 spiro atoms. The van der Waals surface area contributed by atoms with E-state index < -0.39 is 18.6 Å². The summed E-state index contributed by atoms with van der Waals surface area (Å²) in [7, 11) is 0. The van der Waals surface area contributed by atoms with Crippen LogP contribution in [-0.2, 0) is 6.42 Å². The molecule has 8 nitrogen and oxygen atoms in total. The van der Waals surface area contributed by atoms with Gasteiger partial charge in [-0.05, 0) is 41.5 Å². The molecule has 10 heteroatoms. The fourth-order valence-electron chi connectivity index (χ4n) is 4.07. The van der Waals surface area contributed by atoms with Gasteiger partial charge in [0.05, 0.1) is 28.7 Å². The van der Waals surface area contributed by atoms with E-state index in [1.54, 1.807) is 42.5 Å². The highest BCUT2D eigenvalue weighted by atomic mass is 19.1. The molecule has 2 aromatic heterocycles. The van der Waals surface area contributed by atoms with Crippen molar-refractivity contribution >= 4 is 33.8 Å². The van der Waals surface area contributed by atoms with E-state index in [9.17, 15) is 23.5 Å². The van der Waals surface area contributed by atoms with Crippen LogP contribution in [0.2, 0.25) is 0 Å². The van der Waals surface area contributed by atoms with Crippen LogP contribution >= 0.6 is 0 Å². The molecule has 5 aromatic rings. The number of benzene rings is 3. The molecular weight excluding hydrogens is 456 g/mol. The number of aromatic nitrogens is 4. The number of amides is 1. The predicted molar refractivity (Wildman–Crippen MR) is 128 cm³/mol. The van der Waals surface area contributed by atoms with Crippen LogP contribution < -0.4 is 10.5 Å². The minimum atomic E-state index is -1.33. The summed E-state index contributed by atoms with van der Waals surface area (Å²) >= 11 is 0. The summed E-state index contributed by atoms with van der Waals surface area (Å²) in [6, 6.07) is 16.9. The molecule has 35 heavy (non-hydrogen) atoms. The normalized spacial score (nSPS) is 11.3. The largest absolute Gasteiger partial charge is 0.465 e. The van der Waals surface area contributed by atoms with Crippen LogP contribution in [0.5, 0.6) is 0 Å². The summed E-state index contributed by atoms with van der Waals surface area (Å²) in [5, 5.41) is 17.3. The molecule has 0 aliphatic heterocycles. The van der Waals surface area contributed by atoms with Crippen molar-refractivity contribution in [3.63, 3.8) is 0 Å². The van der Waals surface area contributed by atoms with Crippen molar-refractivity contribution in [3.05, 3.63) is 88.1 Å². The Bertz CT molecular complexity index is 1630. The first kappa shape index (κ1) is 22.2. The lowest BCUT2D eigenvalue weighted by atomic mass is 9.98. The lowest BCUT2D eigenvalue weighted by Gasteiger charge is -2.13. The first-order valence-corrected chi connectivity index (χ1v) is 10.8. The van der Waals surface area contributed by atoms with Gasteiger partial charge in [0, 0.05) is 17.4 Å². The molecule has 0 bridgehead atoms. The molecule has 0 atom stereocenters. The van der Waals surface area contributed by atoms with Crippen molar-refractivity contribution in [2.24, 2.45) is 0 Å². The number of anilines is 1. The van der Waals surface area contributed by atoms with Crippen LogP contribution in [0.1, 0.15) is 11.3 Å². The van der Waals surface area contributed by atoms with Gasteiger partial charge in [-0.1, -0.05) is 30.3 Å². The van der Waals surface area contributed by atoms with Gasteiger partial charge in [0.1, 0.15) is 12.5 Å². The SMILES string of the molecule is O=C(O)N(CCF)c1nc2ccc(-c3cc(Cc4n[nH]c(=O)c5ccccc45)ccc3F)cc2[nH]1. The number of nitrogens with one attached hydrogen (secondary N) is 2. The van der Waals surface area contributed by atoms with Gasteiger partial charge in [0.25, 0.3) is 5.56 Å². The minimum Gasteiger partial charge on any atom is -0.465 e. The Morgan fingerprint density at radius 3 is 2.63 bits per heavy atom. The number of nitrogens with zero attached hydrogens (tertiary/aromatic N) is 3. The number of H-pyrrole nitrogens is 2. The van der Waals surface area contributed by atoms with E-state index >= 15 is 0 Å². The first-order valence-electron chi connectivity index (χ1n) is 10.8. The van der Waals surface area contributed by atoms with Gasteiger partial charge in [0.15, 0.2) is 0 Å². The first-order chi connectivity index (χ1) is 16.9. The molecule has 0 saturated heterocycles. The Labute approximate surface area is 196 Å². The number of hydrogen-bond donors (Lipinski definition) is 3. The van der Waals surface area contributed by atoms with Gasteiger partial charge in [-0.25, -0.2) is 28.6 Å². The summed E-state index contributed by atoms with van der Waals surface area (Å²) in [6.07, 6.45) is -0.957. The topological polar surface area (TPSA) is 115 Å². The van der Waals surface area contributed by atoms with Gasteiger partial charge in [0.2, 0.25) is 5.95 Å². The van der Waals surface area contributed by atoms with Gasteiger partial charge >= 0.3 is 6.09 Å². The highest BCUT2D eigenvalue weighted by molar-refractivity contribution is 5.89. The third-order valence-corrected chi connectivity index (χ3v) is 5.75. The van der Waals surface area contributed by atoms with Crippen molar-refractivity contribution in [1.82, 2.24) is 20.2 Å². The molecule has 0 fully saturated rings. The average Bonchev–Trinajstić information content (AvgIpc) is 3.28. The highest BCUT2D eigenvalue weighted by Crippen LogP contribution is 2.29. The van der Waals surface area contributed by atoms with E-state index in [0.717, 1.165) is 15.8 Å². The van der Waals surface area contributed by atoms with Gasteiger partial charge in [-0.15, -0.1) is 0 Å². The Hall–Kier alpha value is -4.60. The monoisotopic (exact) mass is 475 g/mol. The fourth-order valence-corrected chi connectivity index (χ4v) is 4.07. The van der Waals surface area contributed by atoms with E-state index in [2.05, 4.69) is 20.2 Å². The smallest absolute Gasteiger partial charge is 0.414 e. The van der Waals surface area contributed by atoms with E-state index in [1.165, 1.54) is 6.07 Å². The van der Waals surface area contributed by atoms with Crippen LogP contribution in [0.15, 0.2) is 65.5 Å². The average molecular weight is 475 g/mol. The lowest BCUT2D eigenvalue weighted by molar-refractivity contribution is 0.200. The van der Waals surface area contributed by atoms with Crippen molar-refractivity contribution in [1.29, 1.82) is 0 Å². The number of halogens is 2. The minimum absolute atomic E-state index is 0.00690. The van der Waals surface area contributed by atoms with Crippen LogP contribution in [0.4, 0.5) is 19.5 Å². The zero-order chi connectivity index (χ0) is 24.5. The molecular formula is C25H19F2N5O3. The van der Waals surface area contributed by atoms with Gasteiger partial charge in [-0.3, -0.25) is 4.79 Å². The lowest BCUT2D eigenvalue weighted by Crippen LogP contribution is -2.32. The van der Waals surface area contributed by atoms with E-state index in [0.29, 0.717) is 39.7 Å². The van der Waals surface area contributed by atoms with Crippen LogP contribution in [0.25, 0.3) is 32.9 Å². The molecule has 3 N–H and O–H groups in total. The Morgan fingerprint density at radius 2 is 1.86 bits per heavy atom. The number of imidazole rings is 1. The van der Waals surface area contributed by atoms with Crippen molar-refractivity contribution in [2.75, 3.05) is 18.1 Å². The molecule has 2 heterocycles. The number of alkyl halides is 1. The molecule has 0 radical (unpaired) electrons. The molecule has 3 aromatic carbocycles. The van der Waals surface area contributed by atoms with E-state index in [-0.39, 0.29) is 18.1 Å². The second-order valence-corrected chi connectivity index (χ2v) is 7.95. The second kappa shape index (κ2) is 8.98. The maximum absolute atomic E-state index is 14.8. The van der Waals surface area contributed by atoms with Gasteiger partial charge < -0.3 is 10.1 Å². The van der Waals surface area contributed by atoms with Crippen LogP contribution in [-0.4, -0.2) is 44.6 Å². The van der Waals surface area contributed by atoms with Crippen LogP contribution in [0, 0.1) is 5.82 Å². The number of hydrogen-bond acceptors (Lipinski definition) is 4. The Kier molecular flexibility index (Phi) is 5.69. The number of fused-ring (bicyclic) bond motifs is 2. The predicted octanol–water partition coefficient (Wildman–Crippen LogP) is 4.65. The van der Waals surface area contributed by atoms with E-state index in [1.807, 2.05) is 12.1 Å². The Balaban J connectivity index is 1.51. The van der Waals surface area contributed by atoms with Crippen molar-refractivity contribution < 1.29 is 18.7 Å². The summed E-state index contributed by atoms with van der Waals surface area (Å²) in [4.78, 5) is 31.3. The summed E-state index contributed by atoms with van der Waals surface area (Å²) in [5.74, 6) is -0.440. The quantitative estimate of drug-likeness (QED) is 0.331. The zero-order valence-corrected chi connectivity index (χ0v) is 18.3. The number of rotatable bonds is 6. The second-order valence-electron chi connectivity index (χ2n) is 7.95. The maximum atomic E-state index is 14.8. The number of carbonyl (C=O) groups is 1. The molecule has 0 aliphatic carbocycles. The molecule has 0 unspecified atom stereocenters. The van der Waals surface area contributed by atoms with E-state index in [4.69, 9.17) is 0 Å². The molecule has 0 saturated carbocycles. The van der Waals surface area contributed by atoms with Gasteiger partial charge in [-0.2, -0.15) is 5.10 Å². The third kappa shape index (κ3) is 4.21. The maximum Gasteiger partial charge on any atom is 0.414 e. The summed E-state index contributed by atoms with van der Waals surface area (Å²) in [5.41, 5.74) is 3.02. The molecule has 5 rings (SSSR count). The molecule has 176 valence electrons. The third-order valence-electron chi connectivity index (χ3n) is 5.75. The van der Waals surface area contributed by atoms with Crippen molar-refractivity contribution in [2.45, 2.75) is 6.42 Å². The van der Waals surface area contributed by atoms with Crippen LogP contribution in [0.3, 0.4) is 0 Å². The number of aromatic amines is 2. The number of carboxylic acid groups (broad SMARTS) is 1. The summed E-state index contributed by atoms with van der Waals surface area (Å²) in [6.45, 7) is -1.21.